The van der Waals surface area contributed by atoms with Crippen LogP contribution in [0.5, 0.6) is 0 Å². The molecule has 2 unspecified atom stereocenters. The van der Waals surface area contributed by atoms with Crippen LogP contribution in [0.1, 0.15) is 121 Å². The van der Waals surface area contributed by atoms with Gasteiger partial charge in [0.15, 0.2) is 0 Å². The molecule has 0 radical (unpaired) electrons. The topological polar surface area (TPSA) is 67.8 Å². The number of ether oxygens (including phenoxy) is 2. The number of carbonyl (C=O) groups excluding carboxylic acids is 1. The summed E-state index contributed by atoms with van der Waals surface area (Å²) in [5, 5.41) is 14.3. The second kappa shape index (κ2) is 20.7. The number of nitrogens with one attached hydrogen (secondary N) is 1. The first-order chi connectivity index (χ1) is 22.8. The van der Waals surface area contributed by atoms with Gasteiger partial charge in [0.25, 0.3) is 0 Å². The first kappa shape index (κ1) is 38.0. The molecule has 0 heterocycles. The van der Waals surface area contributed by atoms with E-state index in [1.54, 1.807) is 6.08 Å². The minimum Gasteiger partial charge on any atom is -0.444 e. The highest BCUT2D eigenvalue weighted by atomic mass is 16.6. The maximum Gasteiger partial charge on any atom is 0.408 e. The molecule has 5 nitrogen and oxygen atoms in total. The molecule has 47 heavy (non-hydrogen) atoms. The fourth-order valence-corrected chi connectivity index (χ4v) is 5.96. The van der Waals surface area contributed by atoms with Crippen molar-refractivity contribution in [2.24, 2.45) is 0 Å². The van der Waals surface area contributed by atoms with Gasteiger partial charge in [0.05, 0.1) is 18.8 Å². The van der Waals surface area contributed by atoms with E-state index in [9.17, 15) is 9.90 Å². The number of rotatable bonds is 21. The predicted octanol–water partition coefficient (Wildman–Crippen LogP) is 10.5. The van der Waals surface area contributed by atoms with Crippen LogP contribution in [0.2, 0.25) is 0 Å². The molecule has 0 spiro atoms. The maximum absolute atomic E-state index is 13.0. The lowest BCUT2D eigenvalue weighted by Crippen LogP contribution is -2.49. The highest BCUT2D eigenvalue weighted by Gasteiger charge is 2.39. The summed E-state index contributed by atoms with van der Waals surface area (Å²) in [5.41, 5.74) is 1.21. The second-order valence-corrected chi connectivity index (χ2v) is 13.6. The van der Waals surface area contributed by atoms with Crippen LogP contribution >= 0.6 is 0 Å². The van der Waals surface area contributed by atoms with E-state index in [1.165, 1.54) is 64.2 Å². The number of allylic oxidation sites excluding steroid dienone is 1. The molecular formula is C42H59NO4. The summed E-state index contributed by atoms with van der Waals surface area (Å²) < 4.78 is 12.5. The van der Waals surface area contributed by atoms with Gasteiger partial charge in [-0.25, -0.2) is 4.79 Å². The minimum atomic E-state index is -0.976. The molecule has 0 fully saturated rings. The number of hydrogen-bond acceptors (Lipinski definition) is 4. The van der Waals surface area contributed by atoms with Gasteiger partial charge in [-0.2, -0.15) is 0 Å². The van der Waals surface area contributed by atoms with Crippen molar-refractivity contribution in [2.75, 3.05) is 6.61 Å². The fraction of sp³-hybridized carbons (Fsp3) is 0.500. The normalized spacial score (nSPS) is 13.4. The number of hydrogen-bond donors (Lipinski definition) is 2. The van der Waals surface area contributed by atoms with E-state index in [2.05, 4.69) is 48.6 Å². The lowest BCUT2D eigenvalue weighted by molar-refractivity contribution is -0.0203. The van der Waals surface area contributed by atoms with E-state index in [1.807, 2.05) is 81.4 Å². The zero-order valence-corrected chi connectivity index (χ0v) is 29.3. The number of carbonyl (C=O) groups is 1. The van der Waals surface area contributed by atoms with Crippen molar-refractivity contribution in [1.82, 2.24) is 5.32 Å². The summed E-state index contributed by atoms with van der Waals surface area (Å²) in [6.07, 6.45) is 17.4. The van der Waals surface area contributed by atoms with Gasteiger partial charge in [0.1, 0.15) is 11.2 Å². The standard InChI is InChI=1S/C42H59NO4/c1-5-6-7-8-9-10-11-12-13-14-15-16-26-33-39(44)38(43-40(45)47-41(2,3)4)34-46-42(35-27-20-17-21-28-35,36-29-22-18-23-30-36)37-31-24-19-25-32-37/h17-33,38-39,44H,5-16,34H2,1-4H3,(H,43,45)/b33-26+. The highest BCUT2D eigenvalue weighted by molar-refractivity contribution is 5.68. The van der Waals surface area contributed by atoms with Crippen molar-refractivity contribution in [1.29, 1.82) is 0 Å². The van der Waals surface area contributed by atoms with Crippen molar-refractivity contribution in [3.63, 3.8) is 0 Å². The Kier molecular flexibility index (Phi) is 16.8. The van der Waals surface area contributed by atoms with Gasteiger partial charge in [0, 0.05) is 0 Å². The fourth-order valence-electron chi connectivity index (χ4n) is 5.96. The van der Waals surface area contributed by atoms with Gasteiger partial charge in [-0.15, -0.1) is 0 Å². The highest BCUT2D eigenvalue weighted by Crippen LogP contribution is 2.40. The van der Waals surface area contributed by atoms with Crippen molar-refractivity contribution in [3.05, 3.63) is 120 Å². The summed E-state index contributed by atoms with van der Waals surface area (Å²) in [7, 11) is 0. The Morgan fingerprint density at radius 2 is 1.13 bits per heavy atom. The van der Waals surface area contributed by atoms with Gasteiger partial charge in [-0.3, -0.25) is 0 Å². The molecule has 0 saturated carbocycles. The smallest absolute Gasteiger partial charge is 0.408 e. The quantitative estimate of drug-likeness (QED) is 0.0690. The number of aliphatic hydroxyl groups excluding tert-OH is 1. The van der Waals surface area contributed by atoms with E-state index < -0.39 is 29.4 Å². The van der Waals surface area contributed by atoms with E-state index >= 15 is 0 Å². The van der Waals surface area contributed by atoms with E-state index in [0.29, 0.717) is 0 Å². The maximum atomic E-state index is 13.0. The lowest BCUT2D eigenvalue weighted by Gasteiger charge is -2.37. The summed E-state index contributed by atoms with van der Waals surface area (Å²) in [5.74, 6) is 0. The number of alkyl carbamates (subject to hydrolysis) is 1. The monoisotopic (exact) mass is 641 g/mol. The molecule has 2 N–H and O–H groups in total. The molecule has 256 valence electrons. The van der Waals surface area contributed by atoms with Crippen LogP contribution in [0.25, 0.3) is 0 Å². The number of amides is 1. The van der Waals surface area contributed by atoms with Gasteiger partial charge in [0.2, 0.25) is 0 Å². The van der Waals surface area contributed by atoms with E-state index in [4.69, 9.17) is 9.47 Å². The molecule has 2 atom stereocenters. The van der Waals surface area contributed by atoms with Crippen LogP contribution in [-0.4, -0.2) is 35.6 Å². The van der Waals surface area contributed by atoms with Crippen molar-refractivity contribution in [3.8, 4) is 0 Å². The van der Waals surface area contributed by atoms with Gasteiger partial charge in [-0.05, 0) is 50.3 Å². The average molecular weight is 642 g/mol. The molecule has 1 amide bonds. The van der Waals surface area contributed by atoms with Crippen LogP contribution in [0.15, 0.2) is 103 Å². The Morgan fingerprint density at radius 3 is 1.55 bits per heavy atom. The molecular weight excluding hydrogens is 582 g/mol. The molecule has 0 bridgehead atoms. The number of unbranched alkanes of at least 4 members (excludes halogenated alkanes) is 11. The van der Waals surface area contributed by atoms with Crippen LogP contribution < -0.4 is 5.32 Å². The first-order valence-corrected chi connectivity index (χ1v) is 17.9. The Labute approximate surface area is 284 Å². The summed E-state index contributed by atoms with van der Waals surface area (Å²) in [6, 6.07) is 29.6. The van der Waals surface area contributed by atoms with Crippen LogP contribution in [0, 0.1) is 0 Å². The third kappa shape index (κ3) is 13.3. The average Bonchev–Trinajstić information content (AvgIpc) is 3.07. The van der Waals surface area contributed by atoms with Crippen molar-refractivity contribution >= 4 is 6.09 Å². The van der Waals surface area contributed by atoms with E-state index in [-0.39, 0.29) is 6.61 Å². The SMILES string of the molecule is CCCCCCCCCCCCC/C=C/C(O)C(COC(c1ccccc1)(c1ccccc1)c1ccccc1)NC(=O)OC(C)(C)C. The Balaban J connectivity index is 1.71. The van der Waals surface area contributed by atoms with Crippen LogP contribution in [0.4, 0.5) is 4.79 Å². The van der Waals surface area contributed by atoms with E-state index in [0.717, 1.165) is 29.5 Å². The Hall–Kier alpha value is -3.41. The second-order valence-electron chi connectivity index (χ2n) is 13.6. The van der Waals surface area contributed by atoms with Crippen LogP contribution in [-0.2, 0) is 15.1 Å². The zero-order valence-electron chi connectivity index (χ0n) is 29.3. The number of benzene rings is 3. The molecule has 3 rings (SSSR count). The number of aliphatic hydroxyl groups is 1. The van der Waals surface area contributed by atoms with Gasteiger partial charge >= 0.3 is 6.09 Å². The molecule has 0 aliphatic rings. The Morgan fingerprint density at radius 1 is 0.702 bits per heavy atom. The lowest BCUT2D eigenvalue weighted by atomic mass is 9.80. The summed E-state index contributed by atoms with van der Waals surface area (Å²) >= 11 is 0. The van der Waals surface area contributed by atoms with Crippen LogP contribution in [0.3, 0.4) is 0 Å². The first-order valence-electron chi connectivity index (χ1n) is 17.9. The molecule has 3 aromatic rings. The third-order valence-electron chi connectivity index (χ3n) is 8.44. The van der Waals surface area contributed by atoms with Crippen molar-refractivity contribution < 1.29 is 19.4 Å². The molecule has 3 aromatic carbocycles. The summed E-state index contributed by atoms with van der Waals surface area (Å²) in [4.78, 5) is 13.0. The predicted molar refractivity (Wildman–Crippen MR) is 195 cm³/mol. The molecule has 0 saturated heterocycles. The minimum absolute atomic E-state index is 0.0435. The molecule has 0 aliphatic carbocycles. The van der Waals surface area contributed by atoms with Gasteiger partial charge < -0.3 is 19.9 Å². The van der Waals surface area contributed by atoms with Crippen molar-refractivity contribution in [2.45, 2.75) is 128 Å². The molecule has 5 heteroatoms. The Bertz CT molecular complexity index is 1170. The molecule has 0 aliphatic heterocycles. The third-order valence-corrected chi connectivity index (χ3v) is 8.44. The summed E-state index contributed by atoms with van der Waals surface area (Å²) in [6.45, 7) is 7.79. The molecule has 0 aromatic heterocycles. The van der Waals surface area contributed by atoms with Gasteiger partial charge in [-0.1, -0.05) is 174 Å². The zero-order chi connectivity index (χ0) is 33.8. The largest absolute Gasteiger partial charge is 0.444 e.